The van der Waals surface area contributed by atoms with Crippen LogP contribution in [0.3, 0.4) is 0 Å². The molecule has 0 spiro atoms. The van der Waals surface area contributed by atoms with E-state index in [2.05, 4.69) is 5.32 Å². The van der Waals surface area contributed by atoms with Crippen LogP contribution in [0.15, 0.2) is 60.7 Å². The molecule has 2 aromatic carbocycles. The Balaban J connectivity index is 2.05. The van der Waals surface area contributed by atoms with Gasteiger partial charge in [-0.1, -0.05) is 60.7 Å². The molecule has 2 atom stereocenters. The topological polar surface area (TPSA) is 108 Å². The lowest BCUT2D eigenvalue weighted by atomic mass is 9.85. The normalized spacial score (nSPS) is 12.5. The van der Waals surface area contributed by atoms with Crippen molar-refractivity contribution in [3.63, 3.8) is 0 Å². The van der Waals surface area contributed by atoms with Gasteiger partial charge in [0.1, 0.15) is 6.61 Å². The molecule has 2 unspecified atom stereocenters. The van der Waals surface area contributed by atoms with Crippen LogP contribution >= 0.6 is 0 Å². The lowest BCUT2D eigenvalue weighted by molar-refractivity contribution is -0.484. The maximum absolute atomic E-state index is 12.3. The van der Waals surface area contributed by atoms with E-state index in [0.717, 1.165) is 5.56 Å². The molecule has 0 aliphatic carbocycles. The number of carbonyl (C=O) groups excluding carboxylic acids is 2. The van der Waals surface area contributed by atoms with Gasteiger partial charge in [0.25, 0.3) is 0 Å². The lowest BCUT2D eigenvalue weighted by Gasteiger charge is -2.23. The average molecular weight is 386 g/mol. The number of hydrogen-bond donors (Lipinski definition) is 1. The zero-order chi connectivity index (χ0) is 20.4. The van der Waals surface area contributed by atoms with Crippen molar-refractivity contribution in [2.45, 2.75) is 12.5 Å². The average Bonchev–Trinajstić information content (AvgIpc) is 2.72. The van der Waals surface area contributed by atoms with Gasteiger partial charge in [0, 0.05) is 11.5 Å². The molecular weight excluding hydrogens is 364 g/mol. The first-order valence-corrected chi connectivity index (χ1v) is 8.70. The van der Waals surface area contributed by atoms with Gasteiger partial charge in [0.2, 0.25) is 6.54 Å². The maximum Gasteiger partial charge on any atom is 0.407 e. The van der Waals surface area contributed by atoms with Crippen molar-refractivity contribution in [2.24, 2.45) is 5.92 Å². The second-order valence-electron chi connectivity index (χ2n) is 6.10. The quantitative estimate of drug-likeness (QED) is 0.403. The van der Waals surface area contributed by atoms with Crippen LogP contribution in [0.2, 0.25) is 0 Å². The summed E-state index contributed by atoms with van der Waals surface area (Å²) in [6.45, 7) is -0.537. The Labute approximate surface area is 162 Å². The standard InChI is InChI=1S/C20H22N2O6/c1-27-19(23)17(18(13-22(25)26)16-10-6-3-7-11-16)12-21-20(24)28-14-15-8-4-2-5-9-15/h2-11,17-18H,12-14H2,1H3,(H,21,24). The van der Waals surface area contributed by atoms with Gasteiger partial charge >= 0.3 is 12.1 Å². The van der Waals surface area contributed by atoms with Crippen LogP contribution in [0.5, 0.6) is 0 Å². The zero-order valence-corrected chi connectivity index (χ0v) is 15.4. The summed E-state index contributed by atoms with van der Waals surface area (Å²) in [4.78, 5) is 34.9. The molecular formula is C20H22N2O6. The summed E-state index contributed by atoms with van der Waals surface area (Å²) in [5.74, 6) is -2.32. The molecule has 28 heavy (non-hydrogen) atoms. The van der Waals surface area contributed by atoms with Crippen LogP contribution in [-0.4, -0.2) is 37.2 Å². The van der Waals surface area contributed by atoms with Crippen molar-refractivity contribution >= 4 is 12.1 Å². The van der Waals surface area contributed by atoms with E-state index in [1.54, 1.807) is 30.3 Å². The van der Waals surface area contributed by atoms with Crippen molar-refractivity contribution in [1.82, 2.24) is 5.32 Å². The number of ether oxygens (including phenoxy) is 2. The lowest BCUT2D eigenvalue weighted by Crippen LogP contribution is -2.39. The van der Waals surface area contributed by atoms with Gasteiger partial charge in [-0.15, -0.1) is 0 Å². The largest absolute Gasteiger partial charge is 0.469 e. The summed E-state index contributed by atoms with van der Waals surface area (Å²) in [6.07, 6.45) is -0.717. The summed E-state index contributed by atoms with van der Waals surface area (Å²) in [5, 5.41) is 13.6. The molecule has 0 radical (unpaired) electrons. The molecule has 2 rings (SSSR count). The minimum absolute atomic E-state index is 0.0760. The number of benzene rings is 2. The third-order valence-corrected chi connectivity index (χ3v) is 4.24. The number of hydrogen-bond acceptors (Lipinski definition) is 6. The number of methoxy groups -OCH3 is 1. The number of esters is 1. The highest BCUT2D eigenvalue weighted by atomic mass is 16.6. The molecule has 1 N–H and O–H groups in total. The maximum atomic E-state index is 12.3. The summed E-state index contributed by atoms with van der Waals surface area (Å²) in [5.41, 5.74) is 1.44. The van der Waals surface area contributed by atoms with Crippen LogP contribution in [0.1, 0.15) is 17.0 Å². The summed E-state index contributed by atoms with van der Waals surface area (Å²) < 4.78 is 9.93. The number of carbonyl (C=O) groups is 2. The van der Waals surface area contributed by atoms with Crippen molar-refractivity contribution in [3.05, 3.63) is 81.9 Å². The van der Waals surface area contributed by atoms with E-state index in [4.69, 9.17) is 9.47 Å². The van der Waals surface area contributed by atoms with E-state index >= 15 is 0 Å². The number of nitrogens with one attached hydrogen (secondary N) is 1. The molecule has 0 heterocycles. The van der Waals surface area contributed by atoms with E-state index in [1.807, 2.05) is 30.3 Å². The predicted octanol–water partition coefficient (Wildman–Crippen LogP) is 2.76. The number of amides is 1. The van der Waals surface area contributed by atoms with Gasteiger partial charge in [0.05, 0.1) is 18.9 Å². The highest BCUT2D eigenvalue weighted by Crippen LogP contribution is 2.26. The van der Waals surface area contributed by atoms with Crippen molar-refractivity contribution in [3.8, 4) is 0 Å². The Morgan fingerprint density at radius 3 is 2.25 bits per heavy atom. The minimum Gasteiger partial charge on any atom is -0.469 e. The number of alkyl carbamates (subject to hydrolysis) is 1. The molecule has 0 aliphatic rings. The SMILES string of the molecule is COC(=O)C(CNC(=O)OCc1ccccc1)C(C[N+](=O)[O-])c1ccccc1. The third kappa shape index (κ3) is 6.39. The molecule has 148 valence electrons. The van der Waals surface area contributed by atoms with E-state index in [-0.39, 0.29) is 13.2 Å². The molecule has 8 nitrogen and oxygen atoms in total. The molecule has 8 heteroatoms. The molecule has 2 aromatic rings. The van der Waals surface area contributed by atoms with Crippen LogP contribution < -0.4 is 5.32 Å². The fourth-order valence-electron chi connectivity index (χ4n) is 2.83. The van der Waals surface area contributed by atoms with Crippen LogP contribution in [0.4, 0.5) is 4.79 Å². The first kappa shape index (κ1) is 20.9. The van der Waals surface area contributed by atoms with Gasteiger partial charge in [-0.05, 0) is 11.1 Å². The predicted molar refractivity (Wildman–Crippen MR) is 101 cm³/mol. The molecule has 0 saturated heterocycles. The second-order valence-corrected chi connectivity index (χ2v) is 6.10. The first-order valence-electron chi connectivity index (χ1n) is 8.70. The third-order valence-electron chi connectivity index (χ3n) is 4.24. The monoisotopic (exact) mass is 386 g/mol. The Kier molecular flexibility index (Phi) is 7.95. The number of rotatable bonds is 9. The van der Waals surface area contributed by atoms with Crippen molar-refractivity contribution in [1.29, 1.82) is 0 Å². The zero-order valence-electron chi connectivity index (χ0n) is 15.4. The second kappa shape index (κ2) is 10.7. The van der Waals surface area contributed by atoms with Gasteiger partial charge < -0.3 is 14.8 Å². The molecule has 0 aliphatic heterocycles. The minimum atomic E-state index is -0.929. The van der Waals surface area contributed by atoms with Gasteiger partial charge in [-0.2, -0.15) is 0 Å². The van der Waals surface area contributed by atoms with E-state index in [0.29, 0.717) is 5.56 Å². The summed E-state index contributed by atoms with van der Waals surface area (Å²) in [7, 11) is 1.21. The van der Waals surface area contributed by atoms with E-state index in [9.17, 15) is 19.7 Å². The highest BCUT2D eigenvalue weighted by Gasteiger charge is 2.34. The molecule has 0 bridgehead atoms. The molecule has 0 saturated carbocycles. The van der Waals surface area contributed by atoms with Crippen molar-refractivity contribution in [2.75, 3.05) is 20.2 Å². The molecule has 0 aromatic heterocycles. The fourth-order valence-corrected chi connectivity index (χ4v) is 2.83. The van der Waals surface area contributed by atoms with Gasteiger partial charge in [0.15, 0.2) is 0 Å². The van der Waals surface area contributed by atoms with Crippen LogP contribution in [0, 0.1) is 16.0 Å². The van der Waals surface area contributed by atoms with Crippen LogP contribution in [-0.2, 0) is 20.9 Å². The fraction of sp³-hybridized carbons (Fsp3) is 0.300. The number of nitrogens with zero attached hydrogens (tertiary/aromatic N) is 1. The van der Waals surface area contributed by atoms with E-state index < -0.39 is 35.4 Å². The number of nitro groups is 1. The Morgan fingerprint density at radius 1 is 1.07 bits per heavy atom. The Bertz CT molecular complexity index is 782. The molecule has 1 amide bonds. The highest BCUT2D eigenvalue weighted by molar-refractivity contribution is 5.75. The summed E-state index contributed by atoms with van der Waals surface area (Å²) >= 11 is 0. The Morgan fingerprint density at radius 2 is 1.68 bits per heavy atom. The van der Waals surface area contributed by atoms with Gasteiger partial charge in [-0.3, -0.25) is 14.9 Å². The van der Waals surface area contributed by atoms with Crippen LogP contribution in [0.25, 0.3) is 0 Å². The smallest absolute Gasteiger partial charge is 0.407 e. The van der Waals surface area contributed by atoms with Crippen molar-refractivity contribution < 1.29 is 24.0 Å². The Hall–Kier alpha value is -3.42. The van der Waals surface area contributed by atoms with E-state index in [1.165, 1.54) is 7.11 Å². The first-order chi connectivity index (χ1) is 13.5. The summed E-state index contributed by atoms with van der Waals surface area (Å²) in [6, 6.07) is 17.8. The van der Waals surface area contributed by atoms with Gasteiger partial charge in [-0.25, -0.2) is 4.79 Å². The molecule has 0 fully saturated rings.